The molecule has 27 heavy (non-hydrogen) atoms. The van der Waals surface area contributed by atoms with E-state index in [2.05, 4.69) is 10.5 Å². The van der Waals surface area contributed by atoms with Crippen LogP contribution in [0.3, 0.4) is 0 Å². The maximum Gasteiger partial charge on any atom is 0.342 e. The second-order valence-corrected chi connectivity index (χ2v) is 5.77. The summed E-state index contributed by atoms with van der Waals surface area (Å²) in [5, 5.41) is 6.42. The van der Waals surface area contributed by atoms with Gasteiger partial charge in [0.25, 0.3) is 5.91 Å². The van der Waals surface area contributed by atoms with Crippen molar-refractivity contribution in [1.82, 2.24) is 5.16 Å². The van der Waals surface area contributed by atoms with Gasteiger partial charge in [0.05, 0.1) is 7.11 Å². The van der Waals surface area contributed by atoms with E-state index in [1.54, 1.807) is 30.3 Å². The van der Waals surface area contributed by atoms with Gasteiger partial charge in [-0.1, -0.05) is 47.1 Å². The number of anilines is 1. The summed E-state index contributed by atoms with van der Waals surface area (Å²) >= 11 is 0. The number of amides is 1. The van der Waals surface area contributed by atoms with Crippen LogP contribution in [0.2, 0.25) is 0 Å². The molecule has 3 aromatic rings. The molecule has 3 rings (SSSR count). The van der Waals surface area contributed by atoms with Crippen molar-refractivity contribution in [2.45, 2.75) is 6.92 Å². The molecule has 0 radical (unpaired) electrons. The Bertz CT molecular complexity index is 947. The van der Waals surface area contributed by atoms with Crippen molar-refractivity contribution in [2.75, 3.05) is 19.0 Å². The molecule has 1 aromatic heterocycles. The predicted octanol–water partition coefficient (Wildman–Crippen LogP) is 3.45. The quantitative estimate of drug-likeness (QED) is 0.672. The van der Waals surface area contributed by atoms with Gasteiger partial charge in [-0.25, -0.2) is 4.79 Å². The molecular formula is C20H18N2O5. The Kier molecular flexibility index (Phi) is 5.51. The number of nitrogens with zero attached hydrogens (tertiary/aromatic N) is 1. The number of esters is 1. The zero-order valence-electron chi connectivity index (χ0n) is 14.9. The standard InChI is InChI=1S/C20H18N2O5/c1-13-7-9-14(10-8-13)16-11-19(27-22-16)21-18(23)12-26-20(24)15-5-3-4-6-17(15)25-2/h3-11H,12H2,1-2H3,(H,21,23). The van der Waals surface area contributed by atoms with E-state index >= 15 is 0 Å². The van der Waals surface area contributed by atoms with Crippen LogP contribution in [0.4, 0.5) is 5.88 Å². The normalized spacial score (nSPS) is 10.3. The van der Waals surface area contributed by atoms with E-state index in [1.165, 1.54) is 7.11 Å². The van der Waals surface area contributed by atoms with E-state index in [4.69, 9.17) is 14.0 Å². The van der Waals surface area contributed by atoms with Crippen molar-refractivity contribution < 1.29 is 23.6 Å². The van der Waals surface area contributed by atoms with Gasteiger partial charge in [-0.3, -0.25) is 10.1 Å². The summed E-state index contributed by atoms with van der Waals surface area (Å²) in [7, 11) is 1.45. The number of para-hydroxylation sites is 1. The van der Waals surface area contributed by atoms with E-state index in [0.717, 1.165) is 11.1 Å². The maximum absolute atomic E-state index is 12.1. The third-order valence-corrected chi connectivity index (χ3v) is 3.78. The van der Waals surface area contributed by atoms with Crippen LogP contribution in [0, 0.1) is 6.92 Å². The number of carbonyl (C=O) groups excluding carboxylic acids is 2. The number of ether oxygens (including phenoxy) is 2. The van der Waals surface area contributed by atoms with Crippen molar-refractivity contribution >= 4 is 17.8 Å². The zero-order chi connectivity index (χ0) is 19.2. The van der Waals surface area contributed by atoms with Crippen molar-refractivity contribution in [3.63, 3.8) is 0 Å². The summed E-state index contributed by atoms with van der Waals surface area (Å²) < 4.78 is 15.2. The van der Waals surface area contributed by atoms with E-state index in [9.17, 15) is 9.59 Å². The van der Waals surface area contributed by atoms with Gasteiger partial charge >= 0.3 is 5.97 Å². The number of aryl methyl sites for hydroxylation is 1. The van der Waals surface area contributed by atoms with Gasteiger partial charge in [0, 0.05) is 11.6 Å². The first-order chi connectivity index (χ1) is 13.1. The number of methoxy groups -OCH3 is 1. The minimum absolute atomic E-state index is 0.170. The molecule has 0 saturated carbocycles. The Morgan fingerprint density at radius 2 is 1.85 bits per heavy atom. The molecule has 0 bridgehead atoms. The second-order valence-electron chi connectivity index (χ2n) is 5.77. The Morgan fingerprint density at radius 3 is 2.59 bits per heavy atom. The Labute approximate surface area is 155 Å². The topological polar surface area (TPSA) is 90.7 Å². The first-order valence-electron chi connectivity index (χ1n) is 8.20. The fourth-order valence-corrected chi connectivity index (χ4v) is 2.39. The van der Waals surface area contributed by atoms with Gasteiger partial charge in [-0.15, -0.1) is 0 Å². The van der Waals surface area contributed by atoms with Crippen LogP contribution in [0.1, 0.15) is 15.9 Å². The maximum atomic E-state index is 12.1. The predicted molar refractivity (Wildman–Crippen MR) is 98.6 cm³/mol. The molecule has 2 aromatic carbocycles. The molecule has 7 nitrogen and oxygen atoms in total. The number of hydrogen-bond donors (Lipinski definition) is 1. The highest BCUT2D eigenvalue weighted by Crippen LogP contribution is 2.22. The minimum Gasteiger partial charge on any atom is -0.496 e. The lowest BCUT2D eigenvalue weighted by Crippen LogP contribution is -2.20. The number of hydrogen-bond acceptors (Lipinski definition) is 6. The average Bonchev–Trinajstić information content (AvgIpc) is 3.15. The summed E-state index contributed by atoms with van der Waals surface area (Å²) in [6.45, 7) is 1.53. The first kappa shape index (κ1) is 18.2. The third kappa shape index (κ3) is 4.52. The molecule has 0 aliphatic carbocycles. The highest BCUT2D eigenvalue weighted by Gasteiger charge is 2.16. The SMILES string of the molecule is COc1ccccc1C(=O)OCC(=O)Nc1cc(-c2ccc(C)cc2)no1. The summed E-state index contributed by atoms with van der Waals surface area (Å²) in [5.74, 6) is -0.643. The Morgan fingerprint density at radius 1 is 1.11 bits per heavy atom. The molecule has 0 unspecified atom stereocenters. The van der Waals surface area contributed by atoms with Crippen LogP contribution in [0.5, 0.6) is 5.75 Å². The lowest BCUT2D eigenvalue weighted by atomic mass is 10.1. The van der Waals surface area contributed by atoms with Gasteiger partial charge in [-0.2, -0.15) is 0 Å². The molecule has 1 N–H and O–H groups in total. The minimum atomic E-state index is -0.652. The number of benzene rings is 2. The fraction of sp³-hybridized carbons (Fsp3) is 0.150. The highest BCUT2D eigenvalue weighted by atomic mass is 16.5. The van der Waals surface area contributed by atoms with Gasteiger partial charge in [-0.05, 0) is 19.1 Å². The molecule has 1 heterocycles. The van der Waals surface area contributed by atoms with Gasteiger partial charge in [0.1, 0.15) is 17.0 Å². The molecule has 0 aliphatic rings. The molecule has 0 saturated heterocycles. The van der Waals surface area contributed by atoms with E-state index in [0.29, 0.717) is 11.4 Å². The summed E-state index contributed by atoms with van der Waals surface area (Å²) in [6, 6.07) is 15.9. The van der Waals surface area contributed by atoms with E-state index < -0.39 is 18.5 Å². The largest absolute Gasteiger partial charge is 0.496 e. The molecule has 7 heteroatoms. The summed E-state index contributed by atoms with van der Waals surface area (Å²) in [6.07, 6.45) is 0. The fourth-order valence-electron chi connectivity index (χ4n) is 2.39. The van der Waals surface area contributed by atoms with E-state index in [1.807, 2.05) is 31.2 Å². The van der Waals surface area contributed by atoms with Gasteiger partial charge in [0.2, 0.25) is 5.88 Å². The number of aromatic nitrogens is 1. The van der Waals surface area contributed by atoms with Gasteiger partial charge < -0.3 is 14.0 Å². The van der Waals surface area contributed by atoms with Crippen molar-refractivity contribution in [3.8, 4) is 17.0 Å². The summed E-state index contributed by atoms with van der Waals surface area (Å²) in [4.78, 5) is 24.1. The van der Waals surface area contributed by atoms with Crippen LogP contribution < -0.4 is 10.1 Å². The molecule has 0 aliphatic heterocycles. The second kappa shape index (κ2) is 8.18. The monoisotopic (exact) mass is 366 g/mol. The van der Waals surface area contributed by atoms with Crippen LogP contribution in [0.15, 0.2) is 59.1 Å². The van der Waals surface area contributed by atoms with Crippen LogP contribution in [-0.2, 0) is 9.53 Å². The summed E-state index contributed by atoms with van der Waals surface area (Å²) in [5.41, 5.74) is 2.84. The average molecular weight is 366 g/mol. The van der Waals surface area contributed by atoms with Crippen molar-refractivity contribution in [3.05, 3.63) is 65.7 Å². The number of nitrogens with one attached hydrogen (secondary N) is 1. The molecule has 1 amide bonds. The number of carbonyl (C=O) groups is 2. The Balaban J connectivity index is 1.57. The smallest absolute Gasteiger partial charge is 0.342 e. The first-order valence-corrected chi connectivity index (χ1v) is 8.20. The molecular weight excluding hydrogens is 348 g/mol. The van der Waals surface area contributed by atoms with Crippen LogP contribution in [-0.4, -0.2) is 30.7 Å². The lowest BCUT2D eigenvalue weighted by molar-refractivity contribution is -0.119. The lowest BCUT2D eigenvalue weighted by Gasteiger charge is -2.08. The zero-order valence-corrected chi connectivity index (χ0v) is 14.9. The molecule has 0 atom stereocenters. The van der Waals surface area contributed by atoms with Crippen molar-refractivity contribution in [1.29, 1.82) is 0 Å². The number of rotatable bonds is 6. The Hall–Kier alpha value is -3.61. The highest BCUT2D eigenvalue weighted by molar-refractivity contribution is 5.96. The van der Waals surface area contributed by atoms with E-state index in [-0.39, 0.29) is 11.4 Å². The van der Waals surface area contributed by atoms with Crippen LogP contribution in [0.25, 0.3) is 11.3 Å². The third-order valence-electron chi connectivity index (χ3n) is 3.78. The molecule has 0 fully saturated rings. The van der Waals surface area contributed by atoms with Crippen molar-refractivity contribution in [2.24, 2.45) is 0 Å². The molecule has 138 valence electrons. The van der Waals surface area contributed by atoms with Gasteiger partial charge in [0.15, 0.2) is 6.61 Å². The molecule has 0 spiro atoms. The van der Waals surface area contributed by atoms with Crippen LogP contribution >= 0.6 is 0 Å².